The van der Waals surface area contributed by atoms with Crippen molar-refractivity contribution in [2.45, 2.75) is 31.3 Å². The molecule has 0 fully saturated rings. The van der Waals surface area contributed by atoms with Gasteiger partial charge >= 0.3 is 6.18 Å². The van der Waals surface area contributed by atoms with Gasteiger partial charge in [-0.15, -0.1) is 0 Å². The second kappa shape index (κ2) is 5.99. The highest BCUT2D eigenvalue weighted by Crippen LogP contribution is 2.35. The van der Waals surface area contributed by atoms with E-state index in [1.54, 1.807) is 12.3 Å². The van der Waals surface area contributed by atoms with Crippen molar-refractivity contribution in [3.05, 3.63) is 47.5 Å². The lowest BCUT2D eigenvalue weighted by Crippen LogP contribution is -2.12. The molecule has 1 heterocycles. The van der Waals surface area contributed by atoms with Gasteiger partial charge in [0.1, 0.15) is 5.82 Å². The molecule has 2 aromatic rings. The van der Waals surface area contributed by atoms with Crippen LogP contribution in [0.2, 0.25) is 0 Å². The maximum absolute atomic E-state index is 13.2. The van der Waals surface area contributed by atoms with Gasteiger partial charge in [-0.3, -0.25) is 0 Å². The van der Waals surface area contributed by atoms with Gasteiger partial charge in [0.15, 0.2) is 0 Å². The minimum atomic E-state index is -4.39. The van der Waals surface area contributed by atoms with Crippen molar-refractivity contribution in [3.8, 4) is 5.69 Å². The second-order valence-corrected chi connectivity index (χ2v) is 5.01. The molecule has 1 aromatic heterocycles. The van der Waals surface area contributed by atoms with Crippen LogP contribution in [0, 0.1) is 0 Å². The number of hydrogen-bond donors (Lipinski definition) is 0. The minimum Gasteiger partial charge on any atom is -0.303 e. The molecule has 0 spiro atoms. The first-order valence-corrected chi connectivity index (χ1v) is 7.38. The third-order valence-corrected chi connectivity index (χ3v) is 3.62. The van der Waals surface area contributed by atoms with Crippen LogP contribution < -0.4 is 0 Å². The summed E-state index contributed by atoms with van der Waals surface area (Å²) in [5, 5.41) is 0.391. The van der Waals surface area contributed by atoms with Crippen LogP contribution in [-0.2, 0) is 17.9 Å². The van der Waals surface area contributed by atoms with Crippen LogP contribution >= 0.6 is 15.9 Å². The quantitative estimate of drug-likeness (QED) is 0.731. The van der Waals surface area contributed by atoms with E-state index in [4.69, 9.17) is 0 Å². The zero-order valence-corrected chi connectivity index (χ0v) is 12.5. The van der Waals surface area contributed by atoms with Crippen molar-refractivity contribution >= 4 is 15.9 Å². The molecule has 6 heteroatoms. The summed E-state index contributed by atoms with van der Waals surface area (Å²) >= 11 is 3.18. The molecule has 0 aliphatic carbocycles. The molecule has 0 atom stereocenters. The fourth-order valence-corrected chi connectivity index (χ4v) is 2.41. The Bertz CT molecular complexity index is 590. The van der Waals surface area contributed by atoms with Gasteiger partial charge in [0, 0.05) is 24.1 Å². The molecule has 2 rings (SSSR count). The topological polar surface area (TPSA) is 17.8 Å². The number of aromatic nitrogens is 2. The first-order valence-electron chi connectivity index (χ1n) is 6.26. The first kappa shape index (κ1) is 15.1. The van der Waals surface area contributed by atoms with Gasteiger partial charge in [-0.25, -0.2) is 4.98 Å². The third-order valence-electron chi connectivity index (χ3n) is 2.97. The molecular formula is C14H14BrF3N2. The van der Waals surface area contributed by atoms with Gasteiger partial charge in [0.05, 0.1) is 11.3 Å². The Morgan fingerprint density at radius 1 is 1.30 bits per heavy atom. The van der Waals surface area contributed by atoms with Crippen molar-refractivity contribution in [1.29, 1.82) is 0 Å². The lowest BCUT2D eigenvalue weighted by molar-refractivity contribution is -0.137. The van der Waals surface area contributed by atoms with E-state index in [9.17, 15) is 13.2 Å². The number of hydrogen-bond acceptors (Lipinski definition) is 1. The summed E-state index contributed by atoms with van der Waals surface area (Å²) in [7, 11) is 0. The monoisotopic (exact) mass is 346 g/mol. The van der Waals surface area contributed by atoms with E-state index in [2.05, 4.69) is 20.9 Å². The van der Waals surface area contributed by atoms with E-state index in [-0.39, 0.29) is 5.69 Å². The van der Waals surface area contributed by atoms with Crippen LogP contribution in [0.3, 0.4) is 0 Å². The Balaban J connectivity index is 2.58. The molecule has 108 valence electrons. The smallest absolute Gasteiger partial charge is 0.303 e. The van der Waals surface area contributed by atoms with Crippen LogP contribution in [-0.4, -0.2) is 9.55 Å². The van der Waals surface area contributed by atoms with Gasteiger partial charge < -0.3 is 4.57 Å². The normalized spacial score (nSPS) is 11.8. The van der Waals surface area contributed by atoms with E-state index in [0.29, 0.717) is 23.1 Å². The van der Waals surface area contributed by atoms with Crippen molar-refractivity contribution in [2.24, 2.45) is 0 Å². The maximum Gasteiger partial charge on any atom is 0.418 e. The van der Waals surface area contributed by atoms with E-state index in [1.165, 1.54) is 22.9 Å². The molecule has 1 aromatic carbocycles. The van der Waals surface area contributed by atoms with Gasteiger partial charge in [-0.2, -0.15) is 13.2 Å². The summed E-state index contributed by atoms with van der Waals surface area (Å²) in [6.45, 7) is 1.97. The number of benzene rings is 1. The number of aryl methyl sites for hydroxylation is 1. The molecule has 0 aliphatic rings. The molecular weight excluding hydrogens is 333 g/mol. The molecule has 2 nitrogen and oxygen atoms in total. The van der Waals surface area contributed by atoms with Crippen molar-refractivity contribution in [1.82, 2.24) is 9.55 Å². The number of nitrogens with zero attached hydrogens (tertiary/aromatic N) is 2. The maximum atomic E-state index is 13.2. The summed E-state index contributed by atoms with van der Waals surface area (Å²) in [5.41, 5.74) is 0.0891. The highest BCUT2D eigenvalue weighted by atomic mass is 79.9. The van der Waals surface area contributed by atoms with Crippen molar-refractivity contribution < 1.29 is 13.2 Å². The Morgan fingerprint density at radius 3 is 2.65 bits per heavy atom. The Morgan fingerprint density at radius 2 is 2.05 bits per heavy atom. The molecule has 0 saturated carbocycles. The van der Waals surface area contributed by atoms with Gasteiger partial charge in [0.25, 0.3) is 0 Å². The van der Waals surface area contributed by atoms with Gasteiger partial charge in [0.2, 0.25) is 0 Å². The predicted molar refractivity (Wildman–Crippen MR) is 75.2 cm³/mol. The van der Waals surface area contributed by atoms with Crippen molar-refractivity contribution in [3.63, 3.8) is 0 Å². The van der Waals surface area contributed by atoms with E-state index < -0.39 is 11.7 Å². The predicted octanol–water partition coefficient (Wildman–Crippen LogP) is 4.74. The number of imidazole rings is 1. The van der Waals surface area contributed by atoms with Crippen LogP contribution in [0.15, 0.2) is 30.6 Å². The molecule has 0 bridgehead atoms. The standard InChI is InChI=1S/C14H14BrF3N2/c1-2-3-13-19-6-7-20(13)12-5-4-10(9-15)8-11(12)14(16,17)18/h4-8H,2-3,9H2,1H3. The molecule has 0 N–H and O–H groups in total. The highest BCUT2D eigenvalue weighted by molar-refractivity contribution is 9.08. The number of halogens is 4. The summed E-state index contributed by atoms with van der Waals surface area (Å²) in [4.78, 5) is 4.13. The fourth-order valence-electron chi connectivity index (χ4n) is 2.07. The van der Waals surface area contributed by atoms with Gasteiger partial charge in [-0.05, 0) is 24.1 Å². The fraction of sp³-hybridized carbons (Fsp3) is 0.357. The highest BCUT2D eigenvalue weighted by Gasteiger charge is 2.34. The minimum absolute atomic E-state index is 0.128. The van der Waals surface area contributed by atoms with E-state index in [0.717, 1.165) is 6.42 Å². The third kappa shape index (κ3) is 3.06. The SMILES string of the molecule is CCCc1nccn1-c1ccc(CBr)cc1C(F)(F)F. The van der Waals surface area contributed by atoms with Crippen LogP contribution in [0.5, 0.6) is 0 Å². The zero-order valence-electron chi connectivity index (χ0n) is 10.9. The molecule has 0 aliphatic heterocycles. The lowest BCUT2D eigenvalue weighted by atomic mass is 10.1. The van der Waals surface area contributed by atoms with Crippen molar-refractivity contribution in [2.75, 3.05) is 0 Å². The Kier molecular flexibility index (Phi) is 4.52. The molecule has 0 amide bonds. The van der Waals surface area contributed by atoms with Crippen LogP contribution in [0.4, 0.5) is 13.2 Å². The zero-order chi connectivity index (χ0) is 14.8. The molecule has 0 radical (unpaired) electrons. The lowest BCUT2D eigenvalue weighted by Gasteiger charge is -2.16. The molecule has 0 saturated heterocycles. The average molecular weight is 347 g/mol. The summed E-state index contributed by atoms with van der Waals surface area (Å²) < 4.78 is 41.2. The Hall–Kier alpha value is -1.30. The number of rotatable bonds is 4. The van der Waals surface area contributed by atoms with E-state index in [1.807, 2.05) is 6.92 Å². The van der Waals surface area contributed by atoms with Crippen LogP contribution in [0.25, 0.3) is 5.69 Å². The van der Waals surface area contributed by atoms with Gasteiger partial charge in [-0.1, -0.05) is 28.9 Å². The molecule has 0 unspecified atom stereocenters. The molecule has 20 heavy (non-hydrogen) atoms. The summed E-state index contributed by atoms with van der Waals surface area (Å²) in [6, 6.07) is 4.37. The van der Waals surface area contributed by atoms with Crippen LogP contribution in [0.1, 0.15) is 30.3 Å². The van der Waals surface area contributed by atoms with E-state index >= 15 is 0 Å². The first-order chi connectivity index (χ1) is 9.47. The summed E-state index contributed by atoms with van der Waals surface area (Å²) in [6.07, 6.45) is 0.191. The largest absolute Gasteiger partial charge is 0.418 e. The Labute approximate surface area is 123 Å². The number of alkyl halides is 4. The second-order valence-electron chi connectivity index (χ2n) is 4.45. The summed E-state index contributed by atoms with van der Waals surface area (Å²) in [5.74, 6) is 0.643. The average Bonchev–Trinajstić information content (AvgIpc) is 2.85.